The average molecular weight is 331 g/mol. The fraction of sp³-hybridized carbons (Fsp3) is 0.389. The zero-order chi connectivity index (χ0) is 16.7. The minimum absolute atomic E-state index is 0.0185. The average Bonchev–Trinajstić information content (AvgIpc) is 3.07. The lowest BCUT2D eigenvalue weighted by Crippen LogP contribution is -2.33. The van der Waals surface area contributed by atoms with Gasteiger partial charge in [0.1, 0.15) is 0 Å². The molecule has 1 aromatic carbocycles. The number of hydrogen-bond acceptors (Lipinski definition) is 4. The molecule has 124 valence electrons. The molecule has 1 heterocycles. The molecule has 0 spiro atoms. The fourth-order valence-corrected chi connectivity index (χ4v) is 3.23. The Morgan fingerprint density at radius 1 is 1.26 bits per heavy atom. The van der Waals surface area contributed by atoms with Crippen molar-refractivity contribution < 1.29 is 4.79 Å². The number of hydrogen-bond donors (Lipinski definition) is 3. The van der Waals surface area contributed by atoms with Crippen molar-refractivity contribution in [2.24, 2.45) is 5.92 Å². The monoisotopic (exact) mass is 331 g/mol. The molecule has 0 saturated carbocycles. The van der Waals surface area contributed by atoms with Crippen LogP contribution in [0.2, 0.25) is 0 Å². The van der Waals surface area contributed by atoms with E-state index < -0.39 is 0 Å². The minimum atomic E-state index is -0.0588. The number of nitrogens with two attached hydrogens (primary N) is 1. The summed E-state index contributed by atoms with van der Waals surface area (Å²) < 4.78 is 0. The summed E-state index contributed by atoms with van der Waals surface area (Å²) in [7, 11) is 0. The Balaban J connectivity index is 2.08. The van der Waals surface area contributed by atoms with Crippen LogP contribution >= 0.6 is 11.3 Å². The lowest BCUT2D eigenvalue weighted by molar-refractivity contribution is 0.0922. The number of anilines is 1. The summed E-state index contributed by atoms with van der Waals surface area (Å²) >= 11 is 1.66. The smallest absolute Gasteiger partial charge is 0.251 e. The standard InChI is InChI=1S/C18H25N3OS/c1-3-20-10-8-13(2)17(15-9-11-23-12-15)21-18(22)14-4-6-16(19)7-5-14/h4-7,9,11-13,17,20H,3,8,10,19H2,1-2H3,(H,21,22). The van der Waals surface area contributed by atoms with Crippen LogP contribution in [-0.4, -0.2) is 19.0 Å². The predicted molar refractivity (Wildman–Crippen MR) is 97.7 cm³/mol. The van der Waals surface area contributed by atoms with E-state index in [1.54, 1.807) is 35.6 Å². The molecule has 0 fully saturated rings. The van der Waals surface area contributed by atoms with Crippen molar-refractivity contribution in [3.05, 3.63) is 52.2 Å². The van der Waals surface area contributed by atoms with Gasteiger partial charge in [-0.2, -0.15) is 11.3 Å². The van der Waals surface area contributed by atoms with Crippen molar-refractivity contribution in [3.8, 4) is 0 Å². The van der Waals surface area contributed by atoms with Crippen molar-refractivity contribution >= 4 is 22.9 Å². The first-order valence-corrected chi connectivity index (χ1v) is 8.95. The number of carbonyl (C=O) groups excluding carboxylic acids is 1. The molecule has 4 N–H and O–H groups in total. The molecule has 0 aliphatic heterocycles. The topological polar surface area (TPSA) is 67.1 Å². The van der Waals surface area contributed by atoms with Crippen LogP contribution in [0, 0.1) is 5.92 Å². The highest BCUT2D eigenvalue weighted by molar-refractivity contribution is 7.08. The summed E-state index contributed by atoms with van der Waals surface area (Å²) in [4.78, 5) is 12.5. The quantitative estimate of drug-likeness (QED) is 0.513. The molecular weight excluding hydrogens is 306 g/mol. The van der Waals surface area contributed by atoms with Crippen molar-refractivity contribution in [1.29, 1.82) is 0 Å². The molecule has 2 rings (SSSR count). The summed E-state index contributed by atoms with van der Waals surface area (Å²) in [6.45, 7) is 6.20. The van der Waals surface area contributed by atoms with Gasteiger partial charge in [0.2, 0.25) is 0 Å². The number of nitrogen functional groups attached to an aromatic ring is 1. The number of rotatable bonds is 8. The third-order valence-electron chi connectivity index (χ3n) is 3.96. The maximum absolute atomic E-state index is 12.5. The van der Waals surface area contributed by atoms with Gasteiger partial charge in [-0.1, -0.05) is 13.8 Å². The van der Waals surface area contributed by atoms with E-state index in [2.05, 4.69) is 41.3 Å². The van der Waals surface area contributed by atoms with Crippen molar-refractivity contribution in [2.45, 2.75) is 26.3 Å². The van der Waals surface area contributed by atoms with Crippen LogP contribution in [0.5, 0.6) is 0 Å². The van der Waals surface area contributed by atoms with Gasteiger partial charge in [0.15, 0.2) is 0 Å². The van der Waals surface area contributed by atoms with Gasteiger partial charge in [0, 0.05) is 11.3 Å². The third-order valence-corrected chi connectivity index (χ3v) is 4.66. The van der Waals surface area contributed by atoms with E-state index in [1.807, 2.05) is 0 Å². The maximum Gasteiger partial charge on any atom is 0.251 e. The highest BCUT2D eigenvalue weighted by Gasteiger charge is 2.22. The van der Waals surface area contributed by atoms with Crippen LogP contribution in [0.4, 0.5) is 5.69 Å². The van der Waals surface area contributed by atoms with Gasteiger partial charge in [-0.25, -0.2) is 0 Å². The Morgan fingerprint density at radius 3 is 2.61 bits per heavy atom. The Kier molecular flexibility index (Phi) is 6.62. The molecule has 0 aliphatic rings. The highest BCUT2D eigenvalue weighted by Crippen LogP contribution is 2.26. The van der Waals surface area contributed by atoms with Crippen LogP contribution in [0.25, 0.3) is 0 Å². The van der Waals surface area contributed by atoms with Gasteiger partial charge in [-0.3, -0.25) is 4.79 Å². The molecule has 0 saturated heterocycles. The molecular formula is C18H25N3OS. The van der Waals surface area contributed by atoms with E-state index in [-0.39, 0.29) is 11.9 Å². The molecule has 1 aromatic heterocycles. The molecule has 0 bridgehead atoms. The number of carbonyl (C=O) groups is 1. The van der Waals surface area contributed by atoms with Crippen LogP contribution < -0.4 is 16.4 Å². The summed E-state index contributed by atoms with van der Waals surface area (Å²) in [5.41, 5.74) is 8.15. The first-order valence-electron chi connectivity index (χ1n) is 8.01. The van der Waals surface area contributed by atoms with Gasteiger partial charge >= 0.3 is 0 Å². The van der Waals surface area contributed by atoms with Gasteiger partial charge < -0.3 is 16.4 Å². The Labute approximate surface area is 142 Å². The molecule has 0 radical (unpaired) electrons. The zero-order valence-corrected chi connectivity index (χ0v) is 14.5. The maximum atomic E-state index is 12.5. The van der Waals surface area contributed by atoms with Crippen LogP contribution in [0.1, 0.15) is 42.2 Å². The summed E-state index contributed by atoms with van der Waals surface area (Å²) in [6.07, 6.45) is 1.01. The molecule has 0 aliphatic carbocycles. The predicted octanol–water partition coefficient (Wildman–Crippen LogP) is 3.44. The Bertz CT molecular complexity index is 595. The van der Waals surface area contributed by atoms with Crippen LogP contribution in [0.15, 0.2) is 41.1 Å². The SMILES string of the molecule is CCNCCC(C)C(NC(=O)c1ccc(N)cc1)c1ccsc1. The van der Waals surface area contributed by atoms with Crippen LogP contribution in [0.3, 0.4) is 0 Å². The van der Waals surface area contributed by atoms with Crippen molar-refractivity contribution in [3.63, 3.8) is 0 Å². The van der Waals surface area contributed by atoms with Gasteiger partial charge in [0.05, 0.1) is 6.04 Å². The molecule has 2 unspecified atom stereocenters. The minimum Gasteiger partial charge on any atom is -0.399 e. The van der Waals surface area contributed by atoms with E-state index in [1.165, 1.54) is 5.56 Å². The molecule has 2 atom stereocenters. The molecule has 23 heavy (non-hydrogen) atoms. The second-order valence-corrected chi connectivity index (χ2v) is 6.53. The number of amides is 1. The second-order valence-electron chi connectivity index (χ2n) is 5.75. The van der Waals surface area contributed by atoms with E-state index in [4.69, 9.17) is 5.73 Å². The van der Waals surface area contributed by atoms with Gasteiger partial charge in [-0.05, 0) is 72.1 Å². The first kappa shape index (κ1) is 17.5. The van der Waals surface area contributed by atoms with Crippen molar-refractivity contribution in [2.75, 3.05) is 18.8 Å². The lowest BCUT2D eigenvalue weighted by Gasteiger charge is -2.25. The molecule has 4 nitrogen and oxygen atoms in total. The highest BCUT2D eigenvalue weighted by atomic mass is 32.1. The summed E-state index contributed by atoms with van der Waals surface area (Å²) in [6, 6.07) is 9.14. The van der Waals surface area contributed by atoms with Gasteiger partial charge in [0.25, 0.3) is 5.91 Å². The Hall–Kier alpha value is -1.85. The lowest BCUT2D eigenvalue weighted by atomic mass is 9.93. The van der Waals surface area contributed by atoms with Crippen LogP contribution in [-0.2, 0) is 0 Å². The van der Waals surface area contributed by atoms with E-state index in [0.717, 1.165) is 19.5 Å². The fourth-order valence-electron chi connectivity index (χ4n) is 2.54. The first-order chi connectivity index (χ1) is 11.1. The zero-order valence-electron chi connectivity index (χ0n) is 13.7. The number of benzene rings is 1. The molecule has 5 heteroatoms. The normalized spacial score (nSPS) is 13.5. The number of thiophene rings is 1. The summed E-state index contributed by atoms with van der Waals surface area (Å²) in [5.74, 6) is 0.290. The molecule has 2 aromatic rings. The van der Waals surface area contributed by atoms with Gasteiger partial charge in [-0.15, -0.1) is 0 Å². The number of nitrogens with one attached hydrogen (secondary N) is 2. The van der Waals surface area contributed by atoms with E-state index in [0.29, 0.717) is 17.2 Å². The molecule has 1 amide bonds. The summed E-state index contributed by atoms with van der Waals surface area (Å²) in [5, 5.41) is 10.7. The third kappa shape index (κ3) is 5.08. The van der Waals surface area contributed by atoms with E-state index >= 15 is 0 Å². The van der Waals surface area contributed by atoms with E-state index in [9.17, 15) is 4.79 Å². The van der Waals surface area contributed by atoms with Crippen molar-refractivity contribution in [1.82, 2.24) is 10.6 Å². The Morgan fingerprint density at radius 2 is 2.00 bits per heavy atom. The second kappa shape index (κ2) is 8.70. The largest absolute Gasteiger partial charge is 0.399 e.